The summed E-state index contributed by atoms with van der Waals surface area (Å²) in [5.41, 5.74) is 4.24. The standard InChI is InChI=1S/C14H15BCl2F2N2/c1-5-10-7(2)13-8(3)12-6-11(16)14(17)21(12)15(18,19)20(13)9(10)4/h6H,5H2,1-4H3. The highest BCUT2D eigenvalue weighted by atomic mass is 35.5. The monoisotopic (exact) mass is 330 g/mol. The van der Waals surface area contributed by atoms with Crippen LogP contribution >= 0.6 is 23.2 Å². The summed E-state index contributed by atoms with van der Waals surface area (Å²) in [4.78, 5) is 0. The Bertz CT molecular complexity index is 772. The van der Waals surface area contributed by atoms with E-state index >= 15 is 8.63 Å². The molecule has 0 fully saturated rings. The maximum absolute atomic E-state index is 15.1. The Morgan fingerprint density at radius 3 is 2.43 bits per heavy atom. The van der Waals surface area contributed by atoms with Gasteiger partial charge in [-0.2, -0.15) is 0 Å². The minimum Gasteiger partial charge on any atom is -0.393 e. The Hall–Kier alpha value is -1.07. The number of fused-ring (bicyclic) bond motifs is 2. The second-order valence-electron chi connectivity index (χ2n) is 5.51. The van der Waals surface area contributed by atoms with Crippen LogP contribution in [0, 0.1) is 13.8 Å². The Morgan fingerprint density at radius 2 is 1.86 bits per heavy atom. The van der Waals surface area contributed by atoms with Gasteiger partial charge in [0, 0.05) is 17.3 Å². The second kappa shape index (κ2) is 4.46. The van der Waals surface area contributed by atoms with E-state index in [1.165, 1.54) is 6.08 Å². The SMILES string of the molecule is CCc1c(C)c2n(c1C)[B-](F)(F)[N+]1=C(Cl)C(Cl)=CC1=C2C. The van der Waals surface area contributed by atoms with Gasteiger partial charge in [0.05, 0.1) is 0 Å². The number of aromatic nitrogens is 1. The van der Waals surface area contributed by atoms with Gasteiger partial charge in [-0.1, -0.05) is 18.5 Å². The lowest BCUT2D eigenvalue weighted by atomic mass is 9.88. The molecule has 0 saturated heterocycles. The zero-order chi connectivity index (χ0) is 15.7. The first kappa shape index (κ1) is 14.9. The number of halogens is 4. The van der Waals surface area contributed by atoms with Crippen LogP contribution in [0.2, 0.25) is 0 Å². The molecule has 0 spiro atoms. The molecule has 0 radical (unpaired) electrons. The van der Waals surface area contributed by atoms with E-state index in [-0.39, 0.29) is 10.2 Å². The highest BCUT2D eigenvalue weighted by Crippen LogP contribution is 2.42. The zero-order valence-electron chi connectivity index (χ0n) is 12.3. The molecule has 0 unspecified atom stereocenters. The molecular weight excluding hydrogens is 316 g/mol. The van der Waals surface area contributed by atoms with Crippen molar-refractivity contribution in [2.24, 2.45) is 0 Å². The molecule has 0 aromatic carbocycles. The average Bonchev–Trinajstić information content (AvgIpc) is 2.84. The van der Waals surface area contributed by atoms with Crippen LogP contribution in [0.15, 0.2) is 16.8 Å². The average molecular weight is 331 g/mol. The summed E-state index contributed by atoms with van der Waals surface area (Å²) < 4.78 is 32.1. The summed E-state index contributed by atoms with van der Waals surface area (Å²) >= 11 is 12.0. The second-order valence-corrected chi connectivity index (χ2v) is 6.28. The first-order valence-electron chi connectivity index (χ1n) is 6.86. The molecule has 1 aromatic rings. The Labute approximate surface area is 132 Å². The highest BCUT2D eigenvalue weighted by Gasteiger charge is 2.55. The van der Waals surface area contributed by atoms with Crippen LogP contribution in [0.5, 0.6) is 0 Å². The maximum atomic E-state index is 15.1. The van der Waals surface area contributed by atoms with Crippen molar-refractivity contribution in [3.63, 3.8) is 0 Å². The Kier molecular flexibility index (Phi) is 3.16. The third-order valence-corrected chi connectivity index (χ3v) is 5.26. The molecule has 1 aromatic heterocycles. The highest BCUT2D eigenvalue weighted by molar-refractivity contribution is 6.77. The van der Waals surface area contributed by atoms with Crippen LogP contribution in [0.1, 0.15) is 36.4 Å². The van der Waals surface area contributed by atoms with Gasteiger partial charge in [-0.05, 0) is 55.6 Å². The van der Waals surface area contributed by atoms with Gasteiger partial charge in [0.2, 0.25) is 5.17 Å². The summed E-state index contributed by atoms with van der Waals surface area (Å²) in [6.07, 6.45) is 2.24. The topological polar surface area (TPSA) is 7.94 Å². The van der Waals surface area contributed by atoms with Crippen LogP contribution in [-0.4, -0.2) is 21.1 Å². The number of nitrogens with zero attached hydrogens (tertiary/aromatic N) is 2. The fraction of sp³-hybridized carbons (Fsp3) is 0.357. The van der Waals surface area contributed by atoms with Crippen molar-refractivity contribution in [3.05, 3.63) is 39.3 Å². The summed E-state index contributed by atoms with van der Waals surface area (Å²) in [5, 5.41) is 0.0507. The fourth-order valence-electron chi connectivity index (χ4n) is 3.58. The van der Waals surface area contributed by atoms with Crippen LogP contribution < -0.4 is 0 Å². The van der Waals surface area contributed by atoms with E-state index in [1.54, 1.807) is 6.92 Å². The minimum absolute atomic E-state index is 0.106. The third-order valence-electron chi connectivity index (χ3n) is 4.49. The van der Waals surface area contributed by atoms with Crippen LogP contribution in [-0.2, 0) is 6.42 Å². The summed E-state index contributed by atoms with van der Waals surface area (Å²) in [7, 11) is 0. The molecule has 3 rings (SSSR count). The molecule has 0 bridgehead atoms. The van der Waals surface area contributed by atoms with E-state index in [9.17, 15) is 0 Å². The smallest absolute Gasteiger partial charge is 0.393 e. The lowest BCUT2D eigenvalue weighted by Gasteiger charge is -2.31. The van der Waals surface area contributed by atoms with Gasteiger partial charge < -0.3 is 17.6 Å². The Balaban J connectivity index is 2.47. The molecule has 21 heavy (non-hydrogen) atoms. The normalized spacial score (nSPS) is 19.9. The molecule has 2 aliphatic heterocycles. The van der Waals surface area contributed by atoms with Gasteiger partial charge in [-0.25, -0.2) is 0 Å². The number of hydrogen-bond acceptors (Lipinski definition) is 0. The number of hydrogen-bond donors (Lipinski definition) is 0. The van der Waals surface area contributed by atoms with E-state index < -0.39 is 6.97 Å². The van der Waals surface area contributed by atoms with Crippen LogP contribution in [0.4, 0.5) is 8.63 Å². The fourth-order valence-corrected chi connectivity index (χ4v) is 4.04. The molecular formula is C14H15BCl2F2N2. The first-order valence-corrected chi connectivity index (χ1v) is 7.62. The molecule has 7 heteroatoms. The quantitative estimate of drug-likeness (QED) is 0.673. The van der Waals surface area contributed by atoms with Crippen molar-refractivity contribution in [2.75, 3.05) is 0 Å². The van der Waals surface area contributed by atoms with Gasteiger partial charge in [-0.15, -0.1) is 0 Å². The molecule has 3 heterocycles. The molecule has 2 aliphatic rings. The molecule has 0 atom stereocenters. The molecule has 0 N–H and O–H groups in total. The Morgan fingerprint density at radius 1 is 1.24 bits per heavy atom. The number of allylic oxidation sites excluding steroid dienone is 3. The van der Waals surface area contributed by atoms with E-state index in [1.807, 2.05) is 20.8 Å². The first-order chi connectivity index (χ1) is 9.73. The van der Waals surface area contributed by atoms with Crippen LogP contribution in [0.3, 0.4) is 0 Å². The molecule has 0 amide bonds. The van der Waals surface area contributed by atoms with Crippen molar-refractivity contribution < 1.29 is 13.1 Å². The number of rotatable bonds is 1. The zero-order valence-corrected chi connectivity index (χ0v) is 13.8. The molecule has 0 aliphatic carbocycles. The van der Waals surface area contributed by atoms with Gasteiger partial charge >= 0.3 is 6.97 Å². The largest absolute Gasteiger partial charge is 0.738 e. The summed E-state index contributed by atoms with van der Waals surface area (Å²) in [5.74, 6) is 0. The lowest BCUT2D eigenvalue weighted by Crippen LogP contribution is -2.50. The van der Waals surface area contributed by atoms with Gasteiger partial charge in [0.15, 0.2) is 5.70 Å². The van der Waals surface area contributed by atoms with Crippen LogP contribution in [0.25, 0.3) is 5.57 Å². The van der Waals surface area contributed by atoms with E-state index in [0.29, 0.717) is 17.1 Å². The van der Waals surface area contributed by atoms with Gasteiger partial charge in [0.25, 0.3) is 0 Å². The lowest BCUT2D eigenvalue weighted by molar-refractivity contribution is -0.359. The molecule has 2 nitrogen and oxygen atoms in total. The minimum atomic E-state index is -4.03. The van der Waals surface area contributed by atoms with Gasteiger partial charge in [-0.3, -0.25) is 0 Å². The van der Waals surface area contributed by atoms with E-state index in [2.05, 4.69) is 0 Å². The molecule has 0 saturated carbocycles. The third kappa shape index (κ3) is 1.68. The van der Waals surface area contributed by atoms with Crippen molar-refractivity contribution in [3.8, 4) is 0 Å². The van der Waals surface area contributed by atoms with E-state index in [0.717, 1.165) is 32.1 Å². The predicted octanol–water partition coefficient (Wildman–Crippen LogP) is 4.42. The van der Waals surface area contributed by atoms with Crippen molar-refractivity contribution in [2.45, 2.75) is 34.1 Å². The summed E-state index contributed by atoms with van der Waals surface area (Å²) in [6, 6.07) is 0. The molecule has 112 valence electrons. The van der Waals surface area contributed by atoms with Crippen molar-refractivity contribution >= 4 is 40.9 Å². The maximum Gasteiger partial charge on any atom is 0.738 e. The van der Waals surface area contributed by atoms with Gasteiger partial charge in [0.1, 0.15) is 5.03 Å². The van der Waals surface area contributed by atoms with Crippen molar-refractivity contribution in [1.29, 1.82) is 0 Å². The van der Waals surface area contributed by atoms with E-state index in [4.69, 9.17) is 23.2 Å². The van der Waals surface area contributed by atoms with Crippen molar-refractivity contribution in [1.82, 2.24) is 4.48 Å². The summed E-state index contributed by atoms with van der Waals surface area (Å²) in [6.45, 7) is 3.41. The predicted molar refractivity (Wildman–Crippen MR) is 84.3 cm³/mol.